The van der Waals surface area contributed by atoms with Crippen LogP contribution in [0, 0.1) is 12.8 Å². The van der Waals surface area contributed by atoms with Gasteiger partial charge >= 0.3 is 0 Å². The molecule has 0 spiro atoms. The van der Waals surface area contributed by atoms with Crippen molar-refractivity contribution in [1.29, 1.82) is 0 Å². The quantitative estimate of drug-likeness (QED) is 0.821. The van der Waals surface area contributed by atoms with Gasteiger partial charge in [-0.05, 0) is 57.3 Å². The first-order valence-corrected chi connectivity index (χ1v) is 10.4. The van der Waals surface area contributed by atoms with Crippen LogP contribution < -0.4 is 0 Å². The Balaban J connectivity index is 1.22. The van der Waals surface area contributed by atoms with Crippen molar-refractivity contribution in [2.45, 2.75) is 44.8 Å². The molecular formula is C22H32N4O. The fraction of sp³-hybridized carbons (Fsp3) is 0.591. The van der Waals surface area contributed by atoms with Crippen LogP contribution in [0.3, 0.4) is 0 Å². The number of likely N-dealkylation sites (tertiary alicyclic amines) is 2. The molecule has 27 heavy (non-hydrogen) atoms. The summed E-state index contributed by atoms with van der Waals surface area (Å²) in [6, 6.07) is 13.5. The van der Waals surface area contributed by atoms with E-state index in [1.54, 1.807) is 0 Å². The van der Waals surface area contributed by atoms with Crippen LogP contribution >= 0.6 is 0 Å². The van der Waals surface area contributed by atoms with E-state index in [4.69, 9.17) is 0 Å². The Morgan fingerprint density at radius 2 is 1.93 bits per heavy atom. The highest BCUT2D eigenvalue weighted by Crippen LogP contribution is 2.27. The van der Waals surface area contributed by atoms with Gasteiger partial charge in [0, 0.05) is 37.3 Å². The maximum Gasteiger partial charge on any atom is 0.0711 e. The second-order valence-electron chi connectivity index (χ2n) is 8.34. The van der Waals surface area contributed by atoms with Gasteiger partial charge in [0.15, 0.2) is 0 Å². The van der Waals surface area contributed by atoms with Crippen LogP contribution in [0.15, 0.2) is 36.4 Å². The summed E-state index contributed by atoms with van der Waals surface area (Å²) in [6.07, 6.45) is 4.22. The van der Waals surface area contributed by atoms with Gasteiger partial charge in [-0.3, -0.25) is 10.00 Å². The maximum atomic E-state index is 10.5. The van der Waals surface area contributed by atoms with Crippen molar-refractivity contribution < 1.29 is 5.11 Å². The molecule has 2 N–H and O–H groups in total. The molecule has 146 valence electrons. The zero-order valence-electron chi connectivity index (χ0n) is 16.3. The molecule has 0 radical (unpaired) electrons. The average molecular weight is 369 g/mol. The van der Waals surface area contributed by atoms with E-state index in [2.05, 4.69) is 56.4 Å². The predicted molar refractivity (Wildman–Crippen MR) is 108 cm³/mol. The number of piperidine rings is 1. The Kier molecular flexibility index (Phi) is 5.91. The first-order chi connectivity index (χ1) is 13.2. The van der Waals surface area contributed by atoms with Gasteiger partial charge in [0.05, 0.1) is 11.8 Å². The average Bonchev–Trinajstić information content (AvgIpc) is 3.27. The number of benzene rings is 1. The van der Waals surface area contributed by atoms with Crippen LogP contribution in [0.4, 0.5) is 0 Å². The Morgan fingerprint density at radius 1 is 1.15 bits per heavy atom. The largest absolute Gasteiger partial charge is 0.391 e. The summed E-state index contributed by atoms with van der Waals surface area (Å²) in [6.45, 7) is 7.35. The van der Waals surface area contributed by atoms with E-state index in [0.29, 0.717) is 12.0 Å². The Hall–Kier alpha value is -1.69. The van der Waals surface area contributed by atoms with Gasteiger partial charge in [-0.15, -0.1) is 0 Å². The molecule has 5 heteroatoms. The van der Waals surface area contributed by atoms with Crippen LogP contribution in [0.1, 0.15) is 29.8 Å². The lowest BCUT2D eigenvalue weighted by molar-refractivity contribution is 0.107. The number of aromatic amines is 1. The SMILES string of the molecule is Cc1cc(CC2CN(C3CCN(CCc4ccccc4)CC3)CC2O)n[nH]1. The third kappa shape index (κ3) is 4.78. The zero-order chi connectivity index (χ0) is 18.6. The Labute approximate surface area is 162 Å². The lowest BCUT2D eigenvalue weighted by Crippen LogP contribution is -2.44. The Morgan fingerprint density at radius 3 is 2.63 bits per heavy atom. The highest BCUT2D eigenvalue weighted by Gasteiger charge is 2.36. The van der Waals surface area contributed by atoms with Crippen LogP contribution in [0.5, 0.6) is 0 Å². The van der Waals surface area contributed by atoms with E-state index in [1.807, 2.05) is 6.92 Å². The predicted octanol–water partition coefficient (Wildman–Crippen LogP) is 2.26. The second-order valence-corrected chi connectivity index (χ2v) is 8.34. The van der Waals surface area contributed by atoms with E-state index >= 15 is 0 Å². The van der Waals surface area contributed by atoms with Gasteiger partial charge in [-0.25, -0.2) is 0 Å². The van der Waals surface area contributed by atoms with Gasteiger partial charge in [0.1, 0.15) is 0 Å². The van der Waals surface area contributed by atoms with E-state index < -0.39 is 0 Å². The third-order valence-corrected chi connectivity index (χ3v) is 6.30. The number of nitrogens with zero attached hydrogens (tertiary/aromatic N) is 3. The van der Waals surface area contributed by atoms with Crippen molar-refractivity contribution in [1.82, 2.24) is 20.0 Å². The van der Waals surface area contributed by atoms with Crippen LogP contribution in [-0.2, 0) is 12.8 Å². The Bertz CT molecular complexity index is 708. The number of H-pyrrole nitrogens is 1. The minimum Gasteiger partial charge on any atom is -0.391 e. The minimum atomic E-state index is -0.224. The van der Waals surface area contributed by atoms with Crippen molar-refractivity contribution in [3.8, 4) is 0 Å². The normalized spacial score (nSPS) is 25.3. The molecule has 2 aromatic rings. The molecule has 5 nitrogen and oxygen atoms in total. The number of hydrogen-bond acceptors (Lipinski definition) is 4. The number of nitrogens with one attached hydrogen (secondary N) is 1. The molecule has 1 aromatic heterocycles. The number of aliphatic hydroxyl groups excluding tert-OH is 1. The molecule has 2 aliphatic rings. The van der Waals surface area contributed by atoms with Gasteiger partial charge in [0.2, 0.25) is 0 Å². The number of aromatic nitrogens is 2. The lowest BCUT2D eigenvalue weighted by Gasteiger charge is -2.36. The standard InChI is InChI=1S/C22H32N4O/c1-17-13-20(24-23-17)14-19-15-26(16-22(19)27)21-8-11-25(12-9-21)10-7-18-5-3-2-4-6-18/h2-6,13,19,21-22,27H,7-12,14-16H2,1H3,(H,23,24). The number of rotatable bonds is 6. The maximum absolute atomic E-state index is 10.5. The summed E-state index contributed by atoms with van der Waals surface area (Å²) >= 11 is 0. The third-order valence-electron chi connectivity index (χ3n) is 6.30. The van der Waals surface area contributed by atoms with Crippen molar-refractivity contribution >= 4 is 0 Å². The minimum absolute atomic E-state index is 0.224. The molecule has 2 aliphatic heterocycles. The number of aliphatic hydroxyl groups is 1. The molecule has 0 aliphatic carbocycles. The van der Waals surface area contributed by atoms with Crippen molar-refractivity contribution in [2.24, 2.45) is 5.92 Å². The molecular weight excluding hydrogens is 336 g/mol. The van der Waals surface area contributed by atoms with Gasteiger partial charge in [0.25, 0.3) is 0 Å². The molecule has 2 saturated heterocycles. The van der Waals surface area contributed by atoms with E-state index in [-0.39, 0.29) is 6.10 Å². The molecule has 2 unspecified atom stereocenters. The number of β-amino-alcohol motifs (C(OH)–C–C–N with tert-alkyl or cyclic N) is 1. The molecule has 0 saturated carbocycles. The van der Waals surface area contributed by atoms with Crippen LogP contribution in [0.25, 0.3) is 0 Å². The van der Waals surface area contributed by atoms with Crippen molar-refractivity contribution in [3.63, 3.8) is 0 Å². The molecule has 1 aromatic carbocycles. The number of hydrogen-bond donors (Lipinski definition) is 2. The highest BCUT2D eigenvalue weighted by molar-refractivity contribution is 5.15. The monoisotopic (exact) mass is 368 g/mol. The fourth-order valence-electron chi connectivity index (χ4n) is 4.67. The summed E-state index contributed by atoms with van der Waals surface area (Å²) in [5, 5.41) is 17.9. The van der Waals surface area contributed by atoms with Crippen LogP contribution in [0.2, 0.25) is 0 Å². The van der Waals surface area contributed by atoms with E-state index in [0.717, 1.165) is 43.9 Å². The molecule has 3 heterocycles. The summed E-state index contributed by atoms with van der Waals surface area (Å²) in [5.74, 6) is 0.309. The van der Waals surface area contributed by atoms with Crippen molar-refractivity contribution in [3.05, 3.63) is 53.3 Å². The molecule has 2 fully saturated rings. The molecule has 4 rings (SSSR count). The summed E-state index contributed by atoms with van der Waals surface area (Å²) in [5.41, 5.74) is 3.60. The van der Waals surface area contributed by atoms with Gasteiger partial charge < -0.3 is 10.0 Å². The van der Waals surface area contributed by atoms with Gasteiger partial charge in [-0.1, -0.05) is 30.3 Å². The van der Waals surface area contributed by atoms with E-state index in [1.165, 1.54) is 31.5 Å². The van der Waals surface area contributed by atoms with Gasteiger partial charge in [-0.2, -0.15) is 5.10 Å². The topological polar surface area (TPSA) is 55.4 Å². The zero-order valence-corrected chi connectivity index (χ0v) is 16.3. The molecule has 0 bridgehead atoms. The fourth-order valence-corrected chi connectivity index (χ4v) is 4.67. The second kappa shape index (κ2) is 8.55. The molecule has 0 amide bonds. The van der Waals surface area contributed by atoms with Crippen molar-refractivity contribution in [2.75, 3.05) is 32.7 Å². The summed E-state index contributed by atoms with van der Waals surface area (Å²) in [4.78, 5) is 5.13. The van der Waals surface area contributed by atoms with Crippen LogP contribution in [-0.4, -0.2) is 70.0 Å². The van der Waals surface area contributed by atoms with E-state index in [9.17, 15) is 5.11 Å². The summed E-state index contributed by atoms with van der Waals surface area (Å²) in [7, 11) is 0. The first-order valence-electron chi connectivity index (χ1n) is 10.4. The molecule has 2 atom stereocenters. The smallest absolute Gasteiger partial charge is 0.0711 e. The number of aryl methyl sites for hydroxylation is 1. The summed E-state index contributed by atoms with van der Waals surface area (Å²) < 4.78 is 0. The first kappa shape index (κ1) is 18.7. The highest BCUT2D eigenvalue weighted by atomic mass is 16.3. The lowest BCUT2D eigenvalue weighted by atomic mass is 10.00.